The number of halogens is 1. The fourth-order valence-corrected chi connectivity index (χ4v) is 3.51. The summed E-state index contributed by atoms with van der Waals surface area (Å²) >= 11 is 0. The highest BCUT2D eigenvalue weighted by Crippen LogP contribution is 2.46. The molecule has 1 saturated carbocycles. The maximum absolute atomic E-state index is 13.0. The second-order valence-electron chi connectivity index (χ2n) is 5.35. The minimum absolute atomic E-state index is 0.241. The van der Waals surface area contributed by atoms with Gasteiger partial charge in [0.25, 0.3) is 0 Å². The highest BCUT2D eigenvalue weighted by molar-refractivity contribution is 5.25. The van der Waals surface area contributed by atoms with Gasteiger partial charge < -0.3 is 10.4 Å². The molecule has 1 aromatic carbocycles. The van der Waals surface area contributed by atoms with Crippen LogP contribution in [0.4, 0.5) is 4.39 Å². The highest BCUT2D eigenvalue weighted by Gasteiger charge is 2.47. The molecule has 0 spiro atoms. The Hall–Kier alpha value is -0.930. The van der Waals surface area contributed by atoms with Crippen molar-refractivity contribution in [3.8, 4) is 0 Å². The van der Waals surface area contributed by atoms with E-state index in [-0.39, 0.29) is 11.7 Å². The molecule has 2 aliphatic rings. The van der Waals surface area contributed by atoms with E-state index in [2.05, 4.69) is 5.32 Å². The van der Waals surface area contributed by atoms with Gasteiger partial charge in [0.1, 0.15) is 5.82 Å². The molecule has 2 fully saturated rings. The number of aliphatic hydroxyl groups is 1. The van der Waals surface area contributed by atoms with E-state index in [0.717, 1.165) is 31.5 Å². The van der Waals surface area contributed by atoms with Crippen LogP contribution in [0.15, 0.2) is 24.3 Å². The molecule has 1 heterocycles. The third-order valence-electron chi connectivity index (χ3n) is 4.43. The van der Waals surface area contributed by atoms with Gasteiger partial charge in [-0.15, -0.1) is 0 Å². The third-order valence-corrected chi connectivity index (χ3v) is 4.43. The Morgan fingerprint density at radius 1 is 1.24 bits per heavy atom. The average Bonchev–Trinajstić information content (AvgIpc) is 2.80. The lowest BCUT2D eigenvalue weighted by molar-refractivity contribution is -0.0634. The summed E-state index contributed by atoms with van der Waals surface area (Å²) in [6.07, 6.45) is 3.04. The molecule has 0 aromatic heterocycles. The Morgan fingerprint density at radius 2 is 2.00 bits per heavy atom. The first kappa shape index (κ1) is 11.2. The van der Waals surface area contributed by atoms with E-state index in [9.17, 15) is 9.50 Å². The molecule has 0 unspecified atom stereocenters. The zero-order chi connectivity index (χ0) is 11.9. The molecule has 17 heavy (non-hydrogen) atoms. The zero-order valence-electron chi connectivity index (χ0n) is 9.82. The first-order chi connectivity index (χ1) is 8.20. The topological polar surface area (TPSA) is 32.3 Å². The molecule has 3 atom stereocenters. The van der Waals surface area contributed by atoms with E-state index in [0.29, 0.717) is 5.92 Å². The minimum Gasteiger partial charge on any atom is -0.385 e. The Kier molecular flexibility index (Phi) is 2.68. The van der Waals surface area contributed by atoms with Crippen molar-refractivity contribution in [3.63, 3.8) is 0 Å². The van der Waals surface area contributed by atoms with Crippen LogP contribution in [-0.4, -0.2) is 18.2 Å². The van der Waals surface area contributed by atoms with Gasteiger partial charge in [-0.25, -0.2) is 4.39 Å². The molecule has 0 radical (unpaired) electrons. The van der Waals surface area contributed by atoms with Gasteiger partial charge in [0, 0.05) is 12.5 Å². The van der Waals surface area contributed by atoms with Crippen molar-refractivity contribution in [3.05, 3.63) is 35.6 Å². The lowest BCUT2D eigenvalue weighted by Gasteiger charge is -2.41. The fraction of sp³-hybridized carbons (Fsp3) is 0.571. The number of rotatable bonds is 1. The second-order valence-corrected chi connectivity index (χ2v) is 5.35. The van der Waals surface area contributed by atoms with Crippen LogP contribution in [0.2, 0.25) is 0 Å². The maximum Gasteiger partial charge on any atom is 0.123 e. The van der Waals surface area contributed by atoms with Crippen molar-refractivity contribution < 1.29 is 9.50 Å². The number of benzene rings is 1. The third kappa shape index (κ3) is 1.78. The van der Waals surface area contributed by atoms with Gasteiger partial charge in [0.15, 0.2) is 0 Å². The molecular formula is C14H18FNO. The van der Waals surface area contributed by atoms with Crippen LogP contribution < -0.4 is 5.32 Å². The Balaban J connectivity index is 1.95. The summed E-state index contributed by atoms with van der Waals surface area (Å²) in [6, 6.07) is 6.35. The van der Waals surface area contributed by atoms with Gasteiger partial charge >= 0.3 is 0 Å². The molecular weight excluding hydrogens is 217 g/mol. The molecule has 2 N–H and O–H groups in total. The molecule has 0 amide bonds. The summed E-state index contributed by atoms with van der Waals surface area (Å²) in [6.45, 7) is 1.88. The van der Waals surface area contributed by atoms with Crippen LogP contribution >= 0.6 is 0 Å². The fourth-order valence-electron chi connectivity index (χ4n) is 3.51. The summed E-state index contributed by atoms with van der Waals surface area (Å²) in [5.74, 6) is 0.606. The van der Waals surface area contributed by atoms with Crippen LogP contribution in [0.1, 0.15) is 24.8 Å². The quantitative estimate of drug-likeness (QED) is 0.780. The average molecular weight is 235 g/mol. The maximum atomic E-state index is 13.0. The molecule has 92 valence electrons. The summed E-state index contributed by atoms with van der Waals surface area (Å²) in [4.78, 5) is 0. The zero-order valence-corrected chi connectivity index (χ0v) is 9.82. The van der Waals surface area contributed by atoms with Crippen molar-refractivity contribution in [2.24, 2.45) is 11.8 Å². The van der Waals surface area contributed by atoms with Crippen LogP contribution in [0, 0.1) is 17.7 Å². The smallest absolute Gasteiger partial charge is 0.123 e. The molecule has 1 aliphatic carbocycles. The van der Waals surface area contributed by atoms with E-state index >= 15 is 0 Å². The lowest BCUT2D eigenvalue weighted by atomic mass is 9.67. The van der Waals surface area contributed by atoms with E-state index in [1.807, 2.05) is 0 Å². The number of hydrogen-bond donors (Lipinski definition) is 2. The van der Waals surface area contributed by atoms with Gasteiger partial charge in [-0.2, -0.15) is 0 Å². The van der Waals surface area contributed by atoms with Crippen LogP contribution in [0.25, 0.3) is 0 Å². The second kappa shape index (κ2) is 4.07. The van der Waals surface area contributed by atoms with Gasteiger partial charge in [-0.3, -0.25) is 0 Å². The van der Waals surface area contributed by atoms with E-state index in [1.54, 1.807) is 12.1 Å². The normalized spacial score (nSPS) is 36.8. The largest absolute Gasteiger partial charge is 0.385 e. The van der Waals surface area contributed by atoms with E-state index < -0.39 is 5.60 Å². The molecule has 1 aliphatic heterocycles. The van der Waals surface area contributed by atoms with Crippen molar-refractivity contribution >= 4 is 0 Å². The number of fused-ring (bicyclic) bond motifs is 1. The molecule has 2 nitrogen and oxygen atoms in total. The summed E-state index contributed by atoms with van der Waals surface area (Å²) in [5, 5.41) is 14.3. The van der Waals surface area contributed by atoms with Gasteiger partial charge in [-0.05, 0) is 49.4 Å². The van der Waals surface area contributed by atoms with Gasteiger partial charge in [-0.1, -0.05) is 12.1 Å². The molecule has 0 bridgehead atoms. The monoisotopic (exact) mass is 235 g/mol. The summed E-state index contributed by atoms with van der Waals surface area (Å²) < 4.78 is 13.0. The molecule has 3 heteroatoms. The number of nitrogens with one attached hydrogen (secondary N) is 1. The van der Waals surface area contributed by atoms with Crippen LogP contribution in [0.5, 0.6) is 0 Å². The lowest BCUT2D eigenvalue weighted by Crippen LogP contribution is -2.42. The van der Waals surface area contributed by atoms with Gasteiger partial charge in [0.2, 0.25) is 0 Å². The van der Waals surface area contributed by atoms with Crippen molar-refractivity contribution in [1.29, 1.82) is 0 Å². The van der Waals surface area contributed by atoms with Gasteiger partial charge in [0.05, 0.1) is 5.60 Å². The Labute approximate surface area is 101 Å². The summed E-state index contributed by atoms with van der Waals surface area (Å²) in [5.41, 5.74) is 0.109. The SMILES string of the molecule is O[C@@]1(c2ccc(F)cc2)CCC[C@@H]2CNC[C@@H]21. The molecule has 1 aromatic rings. The minimum atomic E-state index is -0.764. The standard InChI is InChI=1S/C14H18FNO/c15-12-5-3-11(4-6-12)14(17)7-1-2-10-8-16-9-13(10)14/h3-6,10,13,16-17H,1-2,7-9H2/t10-,13+,14-/m1/s1. The Morgan fingerprint density at radius 3 is 2.76 bits per heavy atom. The Bertz CT molecular complexity index is 405. The summed E-state index contributed by atoms with van der Waals surface area (Å²) in [7, 11) is 0. The van der Waals surface area contributed by atoms with Crippen LogP contribution in [0.3, 0.4) is 0 Å². The first-order valence-electron chi connectivity index (χ1n) is 6.39. The van der Waals surface area contributed by atoms with E-state index in [1.165, 1.54) is 18.6 Å². The van der Waals surface area contributed by atoms with Crippen molar-refractivity contribution in [2.45, 2.75) is 24.9 Å². The van der Waals surface area contributed by atoms with Crippen molar-refractivity contribution in [1.82, 2.24) is 5.32 Å². The molecule has 1 saturated heterocycles. The van der Waals surface area contributed by atoms with Crippen LogP contribution in [-0.2, 0) is 5.60 Å². The number of hydrogen-bond acceptors (Lipinski definition) is 2. The van der Waals surface area contributed by atoms with Crippen molar-refractivity contribution in [2.75, 3.05) is 13.1 Å². The van der Waals surface area contributed by atoms with E-state index in [4.69, 9.17) is 0 Å². The molecule has 3 rings (SSSR count). The predicted octanol–water partition coefficient (Wildman–Crippen LogP) is 2.03. The highest BCUT2D eigenvalue weighted by atomic mass is 19.1. The predicted molar refractivity (Wildman–Crippen MR) is 64.0 cm³/mol. The first-order valence-corrected chi connectivity index (χ1v) is 6.39.